The zero-order chi connectivity index (χ0) is 14.1. The molecule has 4 nitrogen and oxygen atoms in total. The van der Waals surface area contributed by atoms with Crippen LogP contribution < -0.4 is 9.47 Å². The van der Waals surface area contributed by atoms with Gasteiger partial charge in [0.2, 0.25) is 0 Å². The monoisotopic (exact) mass is 272 g/mol. The van der Waals surface area contributed by atoms with Crippen molar-refractivity contribution in [3.05, 3.63) is 48.5 Å². The first-order valence-corrected chi connectivity index (χ1v) is 6.08. The second-order valence-corrected chi connectivity index (χ2v) is 4.28. The molecule has 0 saturated heterocycles. The van der Waals surface area contributed by atoms with Crippen LogP contribution in [-0.4, -0.2) is 23.6 Å². The van der Waals surface area contributed by atoms with Gasteiger partial charge in [0.1, 0.15) is 0 Å². The Kier molecular flexibility index (Phi) is 3.02. The second-order valence-electron chi connectivity index (χ2n) is 4.28. The quantitative estimate of drug-likeness (QED) is 0.734. The molecule has 1 aromatic carbocycles. The predicted octanol–water partition coefficient (Wildman–Crippen LogP) is 3.16. The van der Waals surface area contributed by atoms with Crippen molar-refractivity contribution in [2.24, 2.45) is 0 Å². The number of fused-ring (bicyclic) bond motifs is 1. The average Bonchev–Trinajstić information content (AvgIpc) is 2.91. The van der Waals surface area contributed by atoms with E-state index in [4.69, 9.17) is 9.47 Å². The van der Waals surface area contributed by atoms with Crippen LogP contribution in [0, 0.1) is 5.82 Å². The minimum atomic E-state index is -0.408. The van der Waals surface area contributed by atoms with E-state index in [1.165, 1.54) is 13.2 Å². The number of hydrogen-bond acceptors (Lipinski definition) is 3. The lowest BCUT2D eigenvalue weighted by molar-refractivity contribution is 0.386. The summed E-state index contributed by atoms with van der Waals surface area (Å²) in [5.41, 5.74) is 2.06. The number of benzene rings is 1. The molecule has 0 amide bonds. The normalized spacial score (nSPS) is 10.8. The molecule has 0 aliphatic carbocycles. The second kappa shape index (κ2) is 4.85. The largest absolute Gasteiger partial charge is 0.494 e. The molecule has 2 aromatic heterocycles. The highest BCUT2D eigenvalue weighted by Crippen LogP contribution is 2.27. The third kappa shape index (κ3) is 1.97. The van der Waals surface area contributed by atoms with Crippen LogP contribution in [0.3, 0.4) is 0 Å². The predicted molar refractivity (Wildman–Crippen MR) is 73.7 cm³/mol. The van der Waals surface area contributed by atoms with Crippen molar-refractivity contribution in [1.82, 2.24) is 9.38 Å². The minimum absolute atomic E-state index is 0.218. The van der Waals surface area contributed by atoms with Gasteiger partial charge >= 0.3 is 0 Å². The van der Waals surface area contributed by atoms with Crippen LogP contribution in [0.1, 0.15) is 0 Å². The molecule has 20 heavy (non-hydrogen) atoms. The Bertz CT molecular complexity index is 768. The smallest absolute Gasteiger partial charge is 0.180 e. The molecule has 3 rings (SSSR count). The van der Waals surface area contributed by atoms with Crippen LogP contribution in [0.15, 0.2) is 42.7 Å². The number of halogens is 1. The third-order valence-corrected chi connectivity index (χ3v) is 3.11. The van der Waals surface area contributed by atoms with Crippen molar-refractivity contribution in [2.45, 2.75) is 0 Å². The van der Waals surface area contributed by atoms with Gasteiger partial charge in [0, 0.05) is 18.0 Å². The van der Waals surface area contributed by atoms with E-state index in [0.717, 1.165) is 0 Å². The Hall–Kier alpha value is -2.56. The number of rotatable bonds is 3. The fraction of sp³-hybridized carbons (Fsp3) is 0.133. The number of aromatic nitrogens is 2. The van der Waals surface area contributed by atoms with E-state index >= 15 is 0 Å². The zero-order valence-corrected chi connectivity index (χ0v) is 11.1. The van der Waals surface area contributed by atoms with Crippen molar-refractivity contribution < 1.29 is 13.9 Å². The number of ether oxygens (including phenoxy) is 2. The van der Waals surface area contributed by atoms with Gasteiger partial charge in [0.25, 0.3) is 0 Å². The molecule has 0 bridgehead atoms. The minimum Gasteiger partial charge on any atom is -0.494 e. The van der Waals surface area contributed by atoms with Crippen LogP contribution in [0.5, 0.6) is 11.5 Å². The van der Waals surface area contributed by atoms with E-state index in [9.17, 15) is 4.39 Å². The van der Waals surface area contributed by atoms with E-state index in [1.807, 2.05) is 28.9 Å². The number of imidazole rings is 1. The summed E-state index contributed by atoms with van der Waals surface area (Å²) in [6, 6.07) is 8.47. The Labute approximate surface area is 115 Å². The Morgan fingerprint density at radius 3 is 2.60 bits per heavy atom. The van der Waals surface area contributed by atoms with Gasteiger partial charge in [-0.3, -0.25) is 0 Å². The van der Waals surface area contributed by atoms with Gasteiger partial charge in [-0.15, -0.1) is 0 Å². The first-order valence-electron chi connectivity index (χ1n) is 6.08. The third-order valence-electron chi connectivity index (χ3n) is 3.11. The summed E-state index contributed by atoms with van der Waals surface area (Å²) in [5, 5.41) is 0. The lowest BCUT2D eigenvalue weighted by Gasteiger charge is -2.02. The molecule has 0 N–H and O–H groups in total. The van der Waals surface area contributed by atoms with E-state index in [-0.39, 0.29) is 5.75 Å². The van der Waals surface area contributed by atoms with Crippen molar-refractivity contribution in [1.29, 1.82) is 0 Å². The van der Waals surface area contributed by atoms with E-state index in [2.05, 4.69) is 4.98 Å². The molecule has 5 heteroatoms. The SMILES string of the molecule is COc1ccc(-c2cn3cccc(OC)c3n2)cc1F. The van der Waals surface area contributed by atoms with Crippen LogP contribution in [0.25, 0.3) is 16.9 Å². The Morgan fingerprint density at radius 1 is 1.10 bits per heavy atom. The van der Waals surface area contributed by atoms with E-state index in [1.54, 1.807) is 19.2 Å². The maximum Gasteiger partial charge on any atom is 0.180 e. The molecule has 3 aromatic rings. The van der Waals surface area contributed by atoms with Gasteiger partial charge in [-0.1, -0.05) is 0 Å². The fourth-order valence-corrected chi connectivity index (χ4v) is 2.11. The highest BCUT2D eigenvalue weighted by Gasteiger charge is 2.10. The van der Waals surface area contributed by atoms with Crippen molar-refractivity contribution >= 4 is 5.65 Å². The molecule has 0 saturated carbocycles. The maximum absolute atomic E-state index is 13.8. The van der Waals surface area contributed by atoms with E-state index in [0.29, 0.717) is 22.7 Å². The number of pyridine rings is 1. The lowest BCUT2D eigenvalue weighted by Crippen LogP contribution is -1.89. The standard InChI is InChI=1S/C15H13FN2O2/c1-19-13-6-5-10(8-11(13)16)12-9-18-7-3-4-14(20-2)15(18)17-12/h3-9H,1-2H3. The Balaban J connectivity index is 2.12. The van der Waals surface area contributed by atoms with Crippen molar-refractivity contribution in [3.8, 4) is 22.8 Å². The molecule has 0 aliphatic rings. The molecular formula is C15H13FN2O2. The van der Waals surface area contributed by atoms with Crippen LogP contribution in [-0.2, 0) is 0 Å². The van der Waals surface area contributed by atoms with Gasteiger partial charge in [0.15, 0.2) is 23.0 Å². The van der Waals surface area contributed by atoms with Crippen LogP contribution >= 0.6 is 0 Å². The Morgan fingerprint density at radius 2 is 1.90 bits per heavy atom. The summed E-state index contributed by atoms with van der Waals surface area (Å²) in [4.78, 5) is 4.48. The first kappa shape index (κ1) is 12.5. The van der Waals surface area contributed by atoms with Gasteiger partial charge in [-0.05, 0) is 30.3 Å². The maximum atomic E-state index is 13.8. The summed E-state index contributed by atoms with van der Waals surface area (Å²) < 4.78 is 25.8. The molecule has 2 heterocycles. The molecule has 0 radical (unpaired) electrons. The molecule has 0 spiro atoms. The highest BCUT2D eigenvalue weighted by atomic mass is 19.1. The summed E-state index contributed by atoms with van der Waals surface area (Å²) in [7, 11) is 3.03. The zero-order valence-electron chi connectivity index (χ0n) is 11.1. The van der Waals surface area contributed by atoms with Crippen molar-refractivity contribution in [2.75, 3.05) is 14.2 Å². The number of hydrogen-bond donors (Lipinski definition) is 0. The summed E-state index contributed by atoms with van der Waals surface area (Å²) in [5.74, 6) is 0.483. The molecule has 102 valence electrons. The molecule has 0 aliphatic heterocycles. The van der Waals surface area contributed by atoms with Crippen molar-refractivity contribution in [3.63, 3.8) is 0 Å². The number of methoxy groups -OCH3 is 2. The van der Waals surface area contributed by atoms with Gasteiger partial charge < -0.3 is 13.9 Å². The van der Waals surface area contributed by atoms with Gasteiger partial charge in [-0.2, -0.15) is 0 Å². The number of nitrogens with zero attached hydrogens (tertiary/aromatic N) is 2. The van der Waals surface area contributed by atoms with Crippen LogP contribution in [0.2, 0.25) is 0 Å². The molecular weight excluding hydrogens is 259 g/mol. The average molecular weight is 272 g/mol. The highest BCUT2D eigenvalue weighted by molar-refractivity contribution is 5.66. The lowest BCUT2D eigenvalue weighted by atomic mass is 10.1. The summed E-state index contributed by atoms with van der Waals surface area (Å²) in [6.07, 6.45) is 3.70. The molecule has 0 atom stereocenters. The van der Waals surface area contributed by atoms with Crippen LogP contribution in [0.4, 0.5) is 4.39 Å². The fourth-order valence-electron chi connectivity index (χ4n) is 2.11. The topological polar surface area (TPSA) is 35.8 Å². The van der Waals surface area contributed by atoms with Gasteiger partial charge in [0.05, 0.1) is 19.9 Å². The summed E-state index contributed by atoms with van der Waals surface area (Å²) in [6.45, 7) is 0. The molecule has 0 unspecified atom stereocenters. The van der Waals surface area contributed by atoms with Gasteiger partial charge in [-0.25, -0.2) is 9.37 Å². The first-order chi connectivity index (χ1) is 9.72. The van der Waals surface area contributed by atoms with E-state index < -0.39 is 5.82 Å². The summed E-state index contributed by atoms with van der Waals surface area (Å²) >= 11 is 0. The molecule has 0 fully saturated rings.